The van der Waals surface area contributed by atoms with Crippen molar-refractivity contribution < 1.29 is 0 Å². The van der Waals surface area contributed by atoms with Crippen LogP contribution in [0.3, 0.4) is 0 Å². The van der Waals surface area contributed by atoms with Crippen molar-refractivity contribution >= 4 is 0 Å². The topological polar surface area (TPSA) is 28.2 Å². The van der Waals surface area contributed by atoms with Crippen LogP contribution in [0.4, 0.5) is 0 Å². The maximum Gasteiger partial charge on any atom is 0.0488 e. The Morgan fingerprint density at radius 1 is 1.40 bits per heavy atom. The largest absolute Gasteiger partial charge is 0.313 e. The first-order valence-corrected chi connectivity index (χ1v) is 5.53. The van der Waals surface area contributed by atoms with Crippen LogP contribution in [0.15, 0.2) is 18.3 Å². The predicted octanol–water partition coefficient (Wildman–Crippen LogP) is 1.35. The van der Waals surface area contributed by atoms with Gasteiger partial charge >= 0.3 is 0 Å². The van der Waals surface area contributed by atoms with E-state index in [4.69, 9.17) is 0 Å². The minimum absolute atomic E-state index is 0.460. The lowest BCUT2D eigenvalue weighted by atomic mass is 10.0. The molecule has 1 saturated heterocycles. The fourth-order valence-corrected chi connectivity index (χ4v) is 2.05. The zero-order valence-corrected chi connectivity index (χ0v) is 9.70. The molecule has 1 aliphatic rings. The number of aryl methyl sites for hydroxylation is 1. The van der Waals surface area contributed by atoms with Crippen LogP contribution in [-0.2, 0) is 0 Å². The second-order valence-corrected chi connectivity index (χ2v) is 4.42. The third-order valence-electron chi connectivity index (χ3n) is 3.28. The number of rotatable bonds is 1. The number of aromatic nitrogens is 1. The maximum atomic E-state index is 4.36. The van der Waals surface area contributed by atoms with Gasteiger partial charge in [-0.3, -0.25) is 9.88 Å². The van der Waals surface area contributed by atoms with Crippen molar-refractivity contribution in [2.75, 3.05) is 20.1 Å². The Kier molecular flexibility index (Phi) is 3.03. The minimum atomic E-state index is 0.460. The monoisotopic (exact) mass is 205 g/mol. The fourth-order valence-electron chi connectivity index (χ4n) is 2.05. The smallest absolute Gasteiger partial charge is 0.0488 e. The average molecular weight is 205 g/mol. The van der Waals surface area contributed by atoms with Crippen LogP contribution < -0.4 is 5.32 Å². The van der Waals surface area contributed by atoms with Crippen molar-refractivity contribution in [2.45, 2.75) is 25.9 Å². The molecule has 1 aromatic rings. The molecule has 82 valence electrons. The third kappa shape index (κ3) is 2.19. The number of pyridine rings is 1. The van der Waals surface area contributed by atoms with Crippen LogP contribution in [0, 0.1) is 6.92 Å². The van der Waals surface area contributed by atoms with E-state index in [0.717, 1.165) is 18.8 Å². The number of hydrogen-bond donors (Lipinski definition) is 1. The zero-order chi connectivity index (χ0) is 10.8. The molecule has 0 spiro atoms. The standard InChI is InChI=1S/C12H19N3/c1-9-4-5-11(7-14-9)12-8-13-6-10(2)15(12)3/h4-5,7,10,12-13H,6,8H2,1-3H3. The number of likely N-dealkylation sites (N-methyl/N-ethyl adjacent to an activating group) is 1. The summed E-state index contributed by atoms with van der Waals surface area (Å²) in [6, 6.07) is 5.32. The summed E-state index contributed by atoms with van der Waals surface area (Å²) in [4.78, 5) is 6.78. The van der Waals surface area contributed by atoms with Crippen molar-refractivity contribution in [1.29, 1.82) is 0 Å². The molecule has 0 radical (unpaired) electrons. The first kappa shape index (κ1) is 10.6. The van der Waals surface area contributed by atoms with Crippen molar-refractivity contribution in [3.05, 3.63) is 29.6 Å². The molecule has 3 nitrogen and oxygen atoms in total. The van der Waals surface area contributed by atoms with Crippen LogP contribution in [0.1, 0.15) is 24.2 Å². The molecule has 2 atom stereocenters. The second-order valence-electron chi connectivity index (χ2n) is 4.42. The summed E-state index contributed by atoms with van der Waals surface area (Å²) in [6.07, 6.45) is 2.00. The molecular weight excluding hydrogens is 186 g/mol. The molecule has 1 aliphatic heterocycles. The van der Waals surface area contributed by atoms with E-state index < -0.39 is 0 Å². The highest BCUT2D eigenvalue weighted by Gasteiger charge is 2.25. The van der Waals surface area contributed by atoms with E-state index in [1.54, 1.807) is 0 Å². The Bertz CT molecular complexity index is 320. The predicted molar refractivity (Wildman–Crippen MR) is 61.8 cm³/mol. The van der Waals surface area contributed by atoms with Crippen LogP contribution in [0.2, 0.25) is 0 Å². The summed E-state index contributed by atoms with van der Waals surface area (Å²) < 4.78 is 0. The summed E-state index contributed by atoms with van der Waals surface area (Å²) in [5.74, 6) is 0. The molecule has 0 bridgehead atoms. The van der Waals surface area contributed by atoms with Gasteiger partial charge in [0.05, 0.1) is 0 Å². The molecule has 1 N–H and O–H groups in total. The van der Waals surface area contributed by atoms with Gasteiger partial charge in [-0.05, 0) is 32.5 Å². The zero-order valence-electron chi connectivity index (χ0n) is 9.70. The molecule has 2 unspecified atom stereocenters. The molecule has 0 amide bonds. The lowest BCUT2D eigenvalue weighted by Crippen LogP contribution is -2.49. The molecule has 1 fully saturated rings. The lowest BCUT2D eigenvalue weighted by Gasteiger charge is -2.38. The molecule has 15 heavy (non-hydrogen) atoms. The highest BCUT2D eigenvalue weighted by Crippen LogP contribution is 2.22. The van der Waals surface area contributed by atoms with Crippen molar-refractivity contribution in [2.24, 2.45) is 0 Å². The van der Waals surface area contributed by atoms with Crippen molar-refractivity contribution in [1.82, 2.24) is 15.2 Å². The van der Waals surface area contributed by atoms with Crippen LogP contribution in [0.25, 0.3) is 0 Å². The van der Waals surface area contributed by atoms with E-state index >= 15 is 0 Å². The van der Waals surface area contributed by atoms with E-state index in [0.29, 0.717) is 12.1 Å². The molecule has 2 heterocycles. The summed E-state index contributed by atoms with van der Waals surface area (Å²) in [6.45, 7) is 6.37. The van der Waals surface area contributed by atoms with Gasteiger partial charge in [0.15, 0.2) is 0 Å². The molecular formula is C12H19N3. The van der Waals surface area contributed by atoms with Crippen molar-refractivity contribution in [3.63, 3.8) is 0 Å². The second kappa shape index (κ2) is 4.29. The molecule has 0 saturated carbocycles. The molecule has 2 rings (SSSR count). The number of nitrogens with one attached hydrogen (secondary N) is 1. The first-order valence-electron chi connectivity index (χ1n) is 5.53. The van der Waals surface area contributed by atoms with Gasteiger partial charge in [-0.1, -0.05) is 6.07 Å². The van der Waals surface area contributed by atoms with E-state index in [-0.39, 0.29) is 0 Å². The molecule has 0 aliphatic carbocycles. The van der Waals surface area contributed by atoms with Gasteiger partial charge in [0.2, 0.25) is 0 Å². The van der Waals surface area contributed by atoms with E-state index in [2.05, 4.69) is 41.3 Å². The highest BCUT2D eigenvalue weighted by molar-refractivity contribution is 5.18. The fraction of sp³-hybridized carbons (Fsp3) is 0.583. The van der Waals surface area contributed by atoms with Gasteiger partial charge in [0.1, 0.15) is 0 Å². The Balaban J connectivity index is 2.18. The highest BCUT2D eigenvalue weighted by atomic mass is 15.2. The molecule has 3 heteroatoms. The van der Waals surface area contributed by atoms with Gasteiger partial charge < -0.3 is 5.32 Å². The Labute approximate surface area is 91.5 Å². The van der Waals surface area contributed by atoms with Crippen LogP contribution >= 0.6 is 0 Å². The minimum Gasteiger partial charge on any atom is -0.313 e. The normalized spacial score (nSPS) is 27.9. The summed E-state index contributed by atoms with van der Waals surface area (Å²) >= 11 is 0. The van der Waals surface area contributed by atoms with Gasteiger partial charge in [0, 0.05) is 37.1 Å². The van der Waals surface area contributed by atoms with Gasteiger partial charge in [-0.15, -0.1) is 0 Å². The van der Waals surface area contributed by atoms with Gasteiger partial charge in [0.25, 0.3) is 0 Å². The summed E-state index contributed by atoms with van der Waals surface area (Å²) in [5, 5.41) is 3.46. The van der Waals surface area contributed by atoms with E-state index in [1.165, 1.54) is 5.56 Å². The summed E-state index contributed by atoms with van der Waals surface area (Å²) in [7, 11) is 2.19. The summed E-state index contributed by atoms with van der Waals surface area (Å²) in [5.41, 5.74) is 2.39. The number of hydrogen-bond acceptors (Lipinski definition) is 3. The number of piperazine rings is 1. The molecule has 1 aromatic heterocycles. The van der Waals surface area contributed by atoms with Gasteiger partial charge in [-0.2, -0.15) is 0 Å². The third-order valence-corrected chi connectivity index (χ3v) is 3.28. The van der Waals surface area contributed by atoms with Gasteiger partial charge in [-0.25, -0.2) is 0 Å². The Hall–Kier alpha value is -0.930. The van der Waals surface area contributed by atoms with Crippen LogP contribution in [-0.4, -0.2) is 36.1 Å². The number of nitrogens with zero attached hydrogens (tertiary/aromatic N) is 2. The lowest BCUT2D eigenvalue weighted by molar-refractivity contribution is 0.141. The van der Waals surface area contributed by atoms with E-state index in [9.17, 15) is 0 Å². The SMILES string of the molecule is Cc1ccc(C2CNCC(C)N2C)cn1. The van der Waals surface area contributed by atoms with Crippen molar-refractivity contribution in [3.8, 4) is 0 Å². The quantitative estimate of drug-likeness (QED) is 0.750. The average Bonchev–Trinajstić information content (AvgIpc) is 2.24. The molecule has 0 aromatic carbocycles. The first-order chi connectivity index (χ1) is 7.18. The Morgan fingerprint density at radius 3 is 2.87 bits per heavy atom. The van der Waals surface area contributed by atoms with Crippen LogP contribution in [0.5, 0.6) is 0 Å². The van der Waals surface area contributed by atoms with E-state index in [1.807, 2.05) is 13.1 Å². The maximum absolute atomic E-state index is 4.36. The Morgan fingerprint density at radius 2 is 2.20 bits per heavy atom.